The van der Waals surface area contributed by atoms with Gasteiger partial charge >= 0.3 is 12.1 Å². The SMILES string of the molecule is CCOC(Cc1ccc(OCCN(CC2CCCC2)C(=O)OC2CCCCC2)cc1)C(=O)O. The Morgan fingerprint density at radius 1 is 1.03 bits per heavy atom. The number of benzene rings is 1. The molecule has 0 radical (unpaired) electrons. The quantitative estimate of drug-likeness (QED) is 0.468. The first-order chi connectivity index (χ1) is 16.0. The maximum atomic E-state index is 12.9. The van der Waals surface area contributed by atoms with Gasteiger partial charge in [0.05, 0.1) is 6.54 Å². The molecule has 1 aromatic carbocycles. The van der Waals surface area contributed by atoms with Gasteiger partial charge in [-0.25, -0.2) is 9.59 Å². The molecule has 1 atom stereocenters. The van der Waals surface area contributed by atoms with E-state index in [0.29, 0.717) is 37.8 Å². The number of hydrogen-bond donors (Lipinski definition) is 1. The molecule has 1 unspecified atom stereocenters. The fraction of sp³-hybridized carbons (Fsp3) is 0.692. The lowest BCUT2D eigenvalue weighted by Crippen LogP contribution is -2.40. The number of carboxylic acids is 1. The molecule has 0 aromatic heterocycles. The average Bonchev–Trinajstić information content (AvgIpc) is 3.33. The molecule has 1 aromatic rings. The molecule has 0 aliphatic heterocycles. The first-order valence-corrected chi connectivity index (χ1v) is 12.6. The minimum Gasteiger partial charge on any atom is -0.492 e. The van der Waals surface area contributed by atoms with Gasteiger partial charge in [0.1, 0.15) is 18.5 Å². The van der Waals surface area contributed by atoms with Gasteiger partial charge in [-0.05, 0) is 69.1 Å². The Labute approximate surface area is 197 Å². The zero-order valence-corrected chi connectivity index (χ0v) is 19.9. The molecule has 7 heteroatoms. The molecule has 0 bridgehead atoms. The minimum absolute atomic E-state index is 0.0529. The zero-order valence-electron chi connectivity index (χ0n) is 19.9. The molecule has 0 heterocycles. The molecule has 3 rings (SSSR count). The van der Waals surface area contributed by atoms with Crippen LogP contribution in [-0.4, -0.2) is 60.6 Å². The fourth-order valence-corrected chi connectivity index (χ4v) is 4.79. The third kappa shape index (κ3) is 8.54. The lowest BCUT2D eigenvalue weighted by Gasteiger charge is -2.29. The molecule has 2 aliphatic rings. The number of amides is 1. The van der Waals surface area contributed by atoms with E-state index in [4.69, 9.17) is 14.2 Å². The summed E-state index contributed by atoms with van der Waals surface area (Å²) in [5.41, 5.74) is 0.877. The second kappa shape index (κ2) is 13.4. The van der Waals surface area contributed by atoms with Crippen molar-refractivity contribution in [2.75, 3.05) is 26.3 Å². The molecule has 2 fully saturated rings. The average molecular weight is 462 g/mol. The first-order valence-electron chi connectivity index (χ1n) is 12.6. The summed E-state index contributed by atoms with van der Waals surface area (Å²) >= 11 is 0. The molecule has 1 N–H and O–H groups in total. The van der Waals surface area contributed by atoms with Crippen molar-refractivity contribution < 1.29 is 28.9 Å². The van der Waals surface area contributed by atoms with Crippen LogP contribution in [0.2, 0.25) is 0 Å². The van der Waals surface area contributed by atoms with Crippen molar-refractivity contribution in [2.45, 2.75) is 83.3 Å². The zero-order chi connectivity index (χ0) is 23.5. The van der Waals surface area contributed by atoms with Crippen molar-refractivity contribution in [3.8, 4) is 5.75 Å². The summed E-state index contributed by atoms with van der Waals surface area (Å²) in [6.07, 6.45) is 9.59. The highest BCUT2D eigenvalue weighted by Crippen LogP contribution is 2.27. The second-order valence-electron chi connectivity index (χ2n) is 9.22. The van der Waals surface area contributed by atoms with E-state index >= 15 is 0 Å². The van der Waals surface area contributed by atoms with Crippen molar-refractivity contribution >= 4 is 12.1 Å². The monoisotopic (exact) mass is 461 g/mol. The maximum absolute atomic E-state index is 12.9. The van der Waals surface area contributed by atoms with Crippen LogP contribution in [0.25, 0.3) is 0 Å². The Kier molecular flexibility index (Phi) is 10.3. The van der Waals surface area contributed by atoms with Crippen LogP contribution in [0, 0.1) is 5.92 Å². The standard InChI is InChI=1S/C26H39NO6/c1-2-31-24(25(28)29)18-20-12-14-22(15-13-20)32-17-16-27(19-21-8-6-7-9-21)26(30)33-23-10-4-3-5-11-23/h12-15,21,23-24H,2-11,16-19H2,1H3,(H,28,29). The van der Waals surface area contributed by atoms with Gasteiger partial charge in [0, 0.05) is 19.6 Å². The van der Waals surface area contributed by atoms with Crippen LogP contribution in [0.1, 0.15) is 70.3 Å². The van der Waals surface area contributed by atoms with Crippen LogP contribution >= 0.6 is 0 Å². The normalized spacial score (nSPS) is 18.1. The Bertz CT molecular complexity index is 725. The van der Waals surface area contributed by atoms with Crippen LogP contribution in [0.5, 0.6) is 5.75 Å². The molecule has 184 valence electrons. The van der Waals surface area contributed by atoms with E-state index in [1.54, 1.807) is 6.92 Å². The Morgan fingerprint density at radius 3 is 2.33 bits per heavy atom. The van der Waals surface area contributed by atoms with Gasteiger partial charge in [0.25, 0.3) is 0 Å². The molecule has 2 aliphatic carbocycles. The first kappa shape index (κ1) is 25.3. The maximum Gasteiger partial charge on any atom is 0.410 e. The number of ether oxygens (including phenoxy) is 3. The van der Waals surface area contributed by atoms with Crippen LogP contribution < -0.4 is 4.74 Å². The highest BCUT2D eigenvalue weighted by atomic mass is 16.6. The summed E-state index contributed by atoms with van der Waals surface area (Å²) in [6, 6.07) is 7.39. The summed E-state index contributed by atoms with van der Waals surface area (Å²) < 4.78 is 17.0. The number of aliphatic carboxylic acids is 1. The van der Waals surface area contributed by atoms with Gasteiger partial charge in [-0.3, -0.25) is 0 Å². The van der Waals surface area contributed by atoms with E-state index in [2.05, 4.69) is 0 Å². The molecular weight excluding hydrogens is 422 g/mol. The molecule has 0 spiro atoms. The van der Waals surface area contributed by atoms with Crippen LogP contribution in [-0.2, 0) is 20.7 Å². The summed E-state index contributed by atoms with van der Waals surface area (Å²) in [5.74, 6) is 0.291. The molecule has 1 amide bonds. The van der Waals surface area contributed by atoms with Gasteiger partial charge < -0.3 is 24.2 Å². The lowest BCUT2D eigenvalue weighted by molar-refractivity contribution is -0.149. The van der Waals surface area contributed by atoms with E-state index in [9.17, 15) is 14.7 Å². The van der Waals surface area contributed by atoms with Gasteiger partial charge in [0.15, 0.2) is 6.10 Å². The van der Waals surface area contributed by atoms with Gasteiger partial charge in [0.2, 0.25) is 0 Å². The van der Waals surface area contributed by atoms with Gasteiger partial charge in [-0.1, -0.05) is 31.4 Å². The summed E-state index contributed by atoms with van der Waals surface area (Å²) in [7, 11) is 0. The number of carbonyl (C=O) groups is 2. The Hall–Kier alpha value is -2.28. The van der Waals surface area contributed by atoms with Crippen molar-refractivity contribution in [1.82, 2.24) is 4.90 Å². The van der Waals surface area contributed by atoms with Crippen LogP contribution in [0.4, 0.5) is 4.79 Å². The van der Waals surface area contributed by atoms with E-state index < -0.39 is 12.1 Å². The lowest BCUT2D eigenvalue weighted by atomic mass is 9.98. The van der Waals surface area contributed by atoms with E-state index in [1.165, 1.54) is 32.1 Å². The summed E-state index contributed by atoms with van der Waals surface area (Å²) in [6.45, 7) is 3.77. The van der Waals surface area contributed by atoms with Gasteiger partial charge in [-0.15, -0.1) is 0 Å². The largest absolute Gasteiger partial charge is 0.492 e. The van der Waals surface area contributed by atoms with Crippen molar-refractivity contribution in [3.05, 3.63) is 29.8 Å². The van der Waals surface area contributed by atoms with Crippen LogP contribution in [0.3, 0.4) is 0 Å². The molecule has 2 saturated carbocycles. The highest BCUT2D eigenvalue weighted by Gasteiger charge is 2.26. The van der Waals surface area contributed by atoms with E-state index in [0.717, 1.165) is 37.8 Å². The van der Waals surface area contributed by atoms with Crippen molar-refractivity contribution in [3.63, 3.8) is 0 Å². The van der Waals surface area contributed by atoms with Crippen molar-refractivity contribution in [2.24, 2.45) is 5.92 Å². The number of nitrogens with zero attached hydrogens (tertiary/aromatic N) is 1. The second-order valence-corrected chi connectivity index (χ2v) is 9.22. The van der Waals surface area contributed by atoms with E-state index in [1.807, 2.05) is 29.2 Å². The Morgan fingerprint density at radius 2 is 1.70 bits per heavy atom. The molecular formula is C26H39NO6. The minimum atomic E-state index is -0.959. The number of carbonyl (C=O) groups excluding carboxylic acids is 1. The fourth-order valence-electron chi connectivity index (χ4n) is 4.79. The highest BCUT2D eigenvalue weighted by molar-refractivity contribution is 5.72. The third-order valence-corrected chi connectivity index (χ3v) is 6.65. The molecule has 7 nitrogen and oxygen atoms in total. The van der Waals surface area contributed by atoms with E-state index in [-0.39, 0.29) is 12.2 Å². The predicted octanol–water partition coefficient (Wildman–Crippen LogP) is 5.06. The summed E-state index contributed by atoms with van der Waals surface area (Å²) in [5, 5.41) is 9.25. The number of hydrogen-bond acceptors (Lipinski definition) is 5. The summed E-state index contributed by atoms with van der Waals surface area (Å²) in [4.78, 5) is 26.0. The topological polar surface area (TPSA) is 85.3 Å². The molecule has 33 heavy (non-hydrogen) atoms. The number of rotatable bonds is 12. The Balaban J connectivity index is 1.49. The predicted molar refractivity (Wildman–Crippen MR) is 126 cm³/mol. The third-order valence-electron chi connectivity index (χ3n) is 6.65. The van der Waals surface area contributed by atoms with Crippen molar-refractivity contribution in [1.29, 1.82) is 0 Å². The van der Waals surface area contributed by atoms with Crippen LogP contribution in [0.15, 0.2) is 24.3 Å². The van der Waals surface area contributed by atoms with Gasteiger partial charge in [-0.2, -0.15) is 0 Å². The smallest absolute Gasteiger partial charge is 0.410 e. The number of carboxylic acid groups (broad SMARTS) is 1. The molecule has 0 saturated heterocycles.